The third-order valence-electron chi connectivity index (χ3n) is 3.72. The maximum Gasteiger partial charge on any atom is 0.204 e. The molecule has 1 heterocycles. The van der Waals surface area contributed by atoms with Crippen LogP contribution < -0.4 is 5.62 Å². The number of nitrogens with zero attached hydrogens (tertiary/aromatic N) is 2. The van der Waals surface area contributed by atoms with Gasteiger partial charge in [0.2, 0.25) is 5.62 Å². The number of rotatable bonds is 8. The smallest absolute Gasteiger partial charge is 0.204 e. The number of para-hydroxylation sites is 2. The molecule has 0 bridgehead atoms. The summed E-state index contributed by atoms with van der Waals surface area (Å²) in [6.45, 7) is 3.47. The molecular weight excluding hydrogens is 250 g/mol. The van der Waals surface area contributed by atoms with E-state index in [0.717, 1.165) is 24.1 Å². The standard InChI is InChI=1S/C16H25N3O/c1-3-4-5-6-9-12-20-13-19-15-11-8-7-10-14(15)18(2)16(19)17/h7-8,10-11,17H,3-6,9,12-13H2,1-2H3. The molecule has 0 fully saturated rings. The van der Waals surface area contributed by atoms with Crippen LogP contribution >= 0.6 is 0 Å². The van der Waals surface area contributed by atoms with Crippen LogP contribution in [0.3, 0.4) is 0 Å². The van der Waals surface area contributed by atoms with Crippen molar-refractivity contribution in [3.63, 3.8) is 0 Å². The predicted octanol–water partition coefficient (Wildman–Crippen LogP) is 3.40. The average Bonchev–Trinajstić information content (AvgIpc) is 2.71. The number of fused-ring (bicyclic) bond motifs is 1. The number of benzene rings is 1. The SMILES string of the molecule is CCCCCCCOCn1c(=N)n(C)c2ccccc21. The fourth-order valence-electron chi connectivity index (χ4n) is 2.48. The van der Waals surface area contributed by atoms with Crippen molar-refractivity contribution in [2.45, 2.75) is 45.8 Å². The summed E-state index contributed by atoms with van der Waals surface area (Å²) >= 11 is 0. The molecule has 4 heteroatoms. The van der Waals surface area contributed by atoms with Crippen molar-refractivity contribution in [1.82, 2.24) is 9.13 Å². The van der Waals surface area contributed by atoms with Crippen LogP contribution in [0.2, 0.25) is 0 Å². The Hall–Kier alpha value is -1.55. The van der Waals surface area contributed by atoms with Gasteiger partial charge in [-0.05, 0) is 18.6 Å². The van der Waals surface area contributed by atoms with E-state index in [1.54, 1.807) is 0 Å². The fourth-order valence-corrected chi connectivity index (χ4v) is 2.48. The molecule has 110 valence electrons. The highest BCUT2D eigenvalue weighted by molar-refractivity contribution is 5.75. The summed E-state index contributed by atoms with van der Waals surface area (Å²) in [7, 11) is 1.92. The molecule has 0 saturated carbocycles. The van der Waals surface area contributed by atoms with Gasteiger partial charge in [0, 0.05) is 13.7 Å². The Morgan fingerprint density at radius 3 is 2.50 bits per heavy atom. The van der Waals surface area contributed by atoms with Crippen LogP contribution in [0.25, 0.3) is 11.0 Å². The lowest BCUT2D eigenvalue weighted by Gasteiger charge is -2.06. The molecular formula is C16H25N3O. The number of aromatic nitrogens is 2. The zero-order valence-corrected chi connectivity index (χ0v) is 12.6. The molecule has 2 rings (SSSR count). The van der Waals surface area contributed by atoms with Gasteiger partial charge in [-0.25, -0.2) is 0 Å². The molecule has 2 aromatic rings. The summed E-state index contributed by atoms with van der Waals surface area (Å²) in [6, 6.07) is 8.08. The lowest BCUT2D eigenvalue weighted by Crippen LogP contribution is -2.23. The van der Waals surface area contributed by atoms with E-state index in [0.29, 0.717) is 12.3 Å². The van der Waals surface area contributed by atoms with E-state index in [1.165, 1.54) is 25.7 Å². The van der Waals surface area contributed by atoms with Gasteiger partial charge in [-0.1, -0.05) is 44.7 Å². The van der Waals surface area contributed by atoms with Crippen molar-refractivity contribution in [3.05, 3.63) is 29.9 Å². The Bertz CT molecular complexity index is 597. The highest BCUT2D eigenvalue weighted by Crippen LogP contribution is 2.11. The minimum absolute atomic E-state index is 0.466. The van der Waals surface area contributed by atoms with E-state index in [1.807, 2.05) is 40.4 Å². The third kappa shape index (κ3) is 3.31. The van der Waals surface area contributed by atoms with Gasteiger partial charge in [-0.2, -0.15) is 0 Å². The summed E-state index contributed by atoms with van der Waals surface area (Å²) < 4.78 is 9.54. The van der Waals surface area contributed by atoms with Gasteiger partial charge in [0.25, 0.3) is 0 Å². The molecule has 0 aliphatic rings. The molecule has 0 atom stereocenters. The Kier molecular flexibility index (Phi) is 5.41. The quantitative estimate of drug-likeness (QED) is 0.737. The first-order chi connectivity index (χ1) is 9.75. The predicted molar refractivity (Wildman–Crippen MR) is 81.5 cm³/mol. The summed E-state index contributed by atoms with van der Waals surface area (Å²) in [5.41, 5.74) is 2.62. The number of imidazole rings is 1. The largest absolute Gasteiger partial charge is 0.361 e. The molecule has 0 aliphatic carbocycles. The van der Waals surface area contributed by atoms with E-state index in [9.17, 15) is 0 Å². The topological polar surface area (TPSA) is 42.9 Å². The van der Waals surface area contributed by atoms with Crippen LogP contribution in [0.1, 0.15) is 39.0 Å². The zero-order chi connectivity index (χ0) is 14.4. The first-order valence-corrected chi connectivity index (χ1v) is 7.52. The van der Waals surface area contributed by atoms with E-state index < -0.39 is 0 Å². The van der Waals surface area contributed by atoms with E-state index in [2.05, 4.69) is 6.92 Å². The maximum absolute atomic E-state index is 8.14. The average molecular weight is 275 g/mol. The molecule has 1 N–H and O–H groups in total. The number of nitrogens with one attached hydrogen (secondary N) is 1. The molecule has 0 spiro atoms. The van der Waals surface area contributed by atoms with Crippen LogP contribution in [0.5, 0.6) is 0 Å². The van der Waals surface area contributed by atoms with E-state index >= 15 is 0 Å². The number of aryl methyl sites for hydroxylation is 1. The Morgan fingerprint density at radius 1 is 1.05 bits per heavy atom. The van der Waals surface area contributed by atoms with Crippen molar-refractivity contribution in [1.29, 1.82) is 5.41 Å². The molecule has 1 aromatic heterocycles. The van der Waals surface area contributed by atoms with E-state index in [4.69, 9.17) is 10.1 Å². The molecule has 0 radical (unpaired) electrons. The van der Waals surface area contributed by atoms with Gasteiger partial charge in [0.05, 0.1) is 11.0 Å². The Balaban J connectivity index is 1.90. The minimum atomic E-state index is 0.466. The molecule has 1 aromatic carbocycles. The van der Waals surface area contributed by atoms with Crippen molar-refractivity contribution >= 4 is 11.0 Å². The van der Waals surface area contributed by atoms with Crippen LogP contribution in [0.15, 0.2) is 24.3 Å². The number of ether oxygens (including phenoxy) is 1. The lowest BCUT2D eigenvalue weighted by molar-refractivity contribution is 0.0731. The monoisotopic (exact) mass is 275 g/mol. The summed E-state index contributed by atoms with van der Waals surface area (Å²) in [5, 5.41) is 8.14. The lowest BCUT2D eigenvalue weighted by atomic mass is 10.2. The number of unbranched alkanes of at least 4 members (excludes halogenated alkanes) is 4. The van der Waals surface area contributed by atoms with Crippen molar-refractivity contribution in [2.24, 2.45) is 7.05 Å². The molecule has 20 heavy (non-hydrogen) atoms. The normalized spacial score (nSPS) is 11.3. The van der Waals surface area contributed by atoms with Crippen molar-refractivity contribution in [3.8, 4) is 0 Å². The number of hydrogen-bond donors (Lipinski definition) is 1. The van der Waals surface area contributed by atoms with Gasteiger partial charge in [-0.15, -0.1) is 0 Å². The molecule has 4 nitrogen and oxygen atoms in total. The highest BCUT2D eigenvalue weighted by Gasteiger charge is 2.06. The van der Waals surface area contributed by atoms with Crippen LogP contribution in [0.4, 0.5) is 0 Å². The van der Waals surface area contributed by atoms with Crippen molar-refractivity contribution < 1.29 is 4.74 Å². The minimum Gasteiger partial charge on any atom is -0.361 e. The second-order valence-electron chi connectivity index (χ2n) is 5.25. The molecule has 0 aliphatic heterocycles. The highest BCUT2D eigenvalue weighted by atomic mass is 16.5. The van der Waals surface area contributed by atoms with Gasteiger partial charge in [0.15, 0.2) is 0 Å². The first kappa shape index (κ1) is 14.9. The summed E-state index contributed by atoms with van der Waals surface area (Å²) in [5.74, 6) is 0. The fraction of sp³-hybridized carbons (Fsp3) is 0.562. The molecule has 0 saturated heterocycles. The molecule has 0 unspecified atom stereocenters. The van der Waals surface area contributed by atoms with Crippen LogP contribution in [-0.4, -0.2) is 15.7 Å². The van der Waals surface area contributed by atoms with Gasteiger partial charge in [-0.3, -0.25) is 9.98 Å². The zero-order valence-electron chi connectivity index (χ0n) is 12.6. The Labute approximate surface area is 120 Å². The van der Waals surface area contributed by atoms with Crippen LogP contribution in [0, 0.1) is 5.41 Å². The van der Waals surface area contributed by atoms with Crippen LogP contribution in [-0.2, 0) is 18.5 Å². The first-order valence-electron chi connectivity index (χ1n) is 7.52. The number of hydrogen-bond acceptors (Lipinski definition) is 2. The van der Waals surface area contributed by atoms with Gasteiger partial charge in [0.1, 0.15) is 6.73 Å². The van der Waals surface area contributed by atoms with Gasteiger partial charge < -0.3 is 9.30 Å². The molecule has 0 amide bonds. The summed E-state index contributed by atoms with van der Waals surface area (Å²) in [4.78, 5) is 0. The summed E-state index contributed by atoms with van der Waals surface area (Å²) in [6.07, 6.45) is 6.23. The second-order valence-corrected chi connectivity index (χ2v) is 5.25. The Morgan fingerprint density at radius 2 is 1.75 bits per heavy atom. The maximum atomic E-state index is 8.14. The second kappa shape index (κ2) is 7.29. The third-order valence-corrected chi connectivity index (χ3v) is 3.72. The van der Waals surface area contributed by atoms with E-state index in [-0.39, 0.29) is 0 Å². The van der Waals surface area contributed by atoms with Gasteiger partial charge >= 0.3 is 0 Å². The van der Waals surface area contributed by atoms with Crippen molar-refractivity contribution in [2.75, 3.05) is 6.61 Å².